The molecule has 292 valence electrons. The maximum Gasteiger partial charge on any atom is 0.414 e. The van der Waals surface area contributed by atoms with Gasteiger partial charge in [-0.05, 0) is 51.4 Å². The molecule has 0 radical (unpaired) electrons. The van der Waals surface area contributed by atoms with Crippen molar-refractivity contribution in [2.45, 2.75) is 32.8 Å². The van der Waals surface area contributed by atoms with Crippen molar-refractivity contribution < 1.29 is 78.2 Å². The Bertz CT molecular complexity index is 1710. The molecule has 54 heavy (non-hydrogen) atoms. The zero-order valence-electron chi connectivity index (χ0n) is 29.5. The molecule has 0 amide bonds. The fourth-order valence-electron chi connectivity index (χ4n) is 4.35. The van der Waals surface area contributed by atoms with Gasteiger partial charge in [0.25, 0.3) is 5.69 Å². The molecule has 0 bridgehead atoms. The summed E-state index contributed by atoms with van der Waals surface area (Å²) in [6.45, 7) is 4.54. The van der Waals surface area contributed by atoms with Gasteiger partial charge in [-0.3, -0.25) is 15.1 Å². The summed E-state index contributed by atoms with van der Waals surface area (Å²) in [7, 11) is 2.38. The number of aromatic nitrogens is 1. The minimum atomic E-state index is -1.82. The number of unbranched alkanes of at least 4 members (excludes halogenated alkanes) is 1. The van der Waals surface area contributed by atoms with Gasteiger partial charge in [-0.2, -0.15) is 0 Å². The van der Waals surface area contributed by atoms with E-state index in [2.05, 4.69) is 10.3 Å². The molecule has 0 fully saturated rings. The quantitative estimate of drug-likeness (QED) is 0.0425. The summed E-state index contributed by atoms with van der Waals surface area (Å²) >= 11 is 0. The molecule has 20 heteroatoms. The van der Waals surface area contributed by atoms with E-state index in [0.29, 0.717) is 31.7 Å². The molecule has 1 aromatic heterocycles. The first-order valence-corrected chi connectivity index (χ1v) is 15.5. The van der Waals surface area contributed by atoms with E-state index < -0.39 is 46.8 Å². The van der Waals surface area contributed by atoms with Crippen molar-refractivity contribution in [1.82, 2.24) is 10.3 Å². The van der Waals surface area contributed by atoms with Gasteiger partial charge in [-0.1, -0.05) is 18.2 Å². The minimum absolute atomic E-state index is 0.0205. The number of carbonyl (C=O) groups is 6. The average molecular weight is 762 g/mol. The number of aryl methyl sites for hydroxylation is 2. The summed E-state index contributed by atoms with van der Waals surface area (Å²) in [4.78, 5) is 77.4. The normalized spacial score (nSPS) is 10.5. The molecule has 3 aromatic rings. The number of carbonyl (C=O) groups excluding carboxylic acids is 2. The van der Waals surface area contributed by atoms with E-state index in [1.807, 2.05) is 30.3 Å². The SMILES string of the molecule is COC(=O)c1c(C)nc(C)c(C(=O)OC)c1-c1cc([N+](=O)[O-])ccc1OCCCCNC[C@H](O)COc1ccccc1.O=C(O)C(=O)O.O=C(O)C(=O)O. The first-order valence-electron chi connectivity index (χ1n) is 15.5. The number of aliphatic carboxylic acids is 4. The number of aliphatic hydroxyl groups is 1. The van der Waals surface area contributed by atoms with Crippen molar-refractivity contribution in [3.63, 3.8) is 0 Å². The molecular weight excluding hydrogens is 722 g/mol. The number of carboxylic acid groups (broad SMARTS) is 4. The van der Waals surface area contributed by atoms with Crippen LogP contribution in [-0.4, -0.2) is 118 Å². The first kappa shape index (κ1) is 45.4. The second kappa shape index (κ2) is 23.0. The van der Waals surface area contributed by atoms with Gasteiger partial charge in [0.2, 0.25) is 0 Å². The lowest BCUT2D eigenvalue weighted by molar-refractivity contribution is -0.384. The van der Waals surface area contributed by atoms with Crippen LogP contribution in [-0.2, 0) is 28.7 Å². The molecule has 0 spiro atoms. The maximum atomic E-state index is 12.8. The van der Waals surface area contributed by atoms with Crippen LogP contribution >= 0.6 is 0 Å². The number of nitro benzene ring substituents is 1. The summed E-state index contributed by atoms with van der Waals surface area (Å²) in [6, 6.07) is 13.2. The van der Waals surface area contributed by atoms with Crippen LogP contribution in [0, 0.1) is 24.0 Å². The highest BCUT2D eigenvalue weighted by Gasteiger charge is 2.30. The smallest absolute Gasteiger partial charge is 0.414 e. The van der Waals surface area contributed by atoms with Crippen molar-refractivity contribution in [3.8, 4) is 22.6 Å². The largest absolute Gasteiger partial charge is 0.493 e. The van der Waals surface area contributed by atoms with Gasteiger partial charge in [0.1, 0.15) is 24.2 Å². The number of para-hydroxylation sites is 1. The first-order chi connectivity index (χ1) is 25.5. The highest BCUT2D eigenvalue weighted by molar-refractivity contribution is 6.27. The Kier molecular flexibility index (Phi) is 19.3. The van der Waals surface area contributed by atoms with Gasteiger partial charge in [-0.15, -0.1) is 0 Å². The number of rotatable bonds is 15. The van der Waals surface area contributed by atoms with Crippen LogP contribution in [0.5, 0.6) is 11.5 Å². The Morgan fingerprint density at radius 3 is 1.78 bits per heavy atom. The van der Waals surface area contributed by atoms with Crippen molar-refractivity contribution in [1.29, 1.82) is 0 Å². The van der Waals surface area contributed by atoms with Crippen LogP contribution in [0.3, 0.4) is 0 Å². The van der Waals surface area contributed by atoms with Crippen LogP contribution in [0.2, 0.25) is 0 Å². The predicted octanol–water partition coefficient (Wildman–Crippen LogP) is 2.35. The number of hydrogen-bond acceptors (Lipinski definition) is 15. The molecule has 0 aliphatic carbocycles. The third-order valence-corrected chi connectivity index (χ3v) is 6.72. The number of nitrogens with zero attached hydrogens (tertiary/aromatic N) is 2. The Morgan fingerprint density at radius 2 is 1.31 bits per heavy atom. The van der Waals surface area contributed by atoms with Crippen LogP contribution in [0.25, 0.3) is 11.1 Å². The number of benzene rings is 2. The molecule has 0 saturated carbocycles. The van der Waals surface area contributed by atoms with Gasteiger partial charge in [0.15, 0.2) is 0 Å². The molecule has 3 rings (SSSR count). The van der Waals surface area contributed by atoms with Gasteiger partial charge in [0.05, 0.1) is 48.3 Å². The van der Waals surface area contributed by atoms with E-state index in [-0.39, 0.29) is 58.3 Å². The number of aliphatic hydroxyl groups excluding tert-OH is 1. The fourth-order valence-corrected chi connectivity index (χ4v) is 4.35. The summed E-state index contributed by atoms with van der Waals surface area (Å²) < 4.78 is 21.5. The molecule has 20 nitrogen and oxygen atoms in total. The zero-order valence-corrected chi connectivity index (χ0v) is 29.5. The summed E-state index contributed by atoms with van der Waals surface area (Å²) in [6.07, 6.45) is 0.648. The monoisotopic (exact) mass is 761 g/mol. The second-order valence-electron chi connectivity index (χ2n) is 10.6. The molecule has 1 atom stereocenters. The van der Waals surface area contributed by atoms with Gasteiger partial charge in [0, 0.05) is 29.8 Å². The Labute approximate surface area is 307 Å². The second-order valence-corrected chi connectivity index (χ2v) is 10.6. The molecule has 0 unspecified atom stereocenters. The summed E-state index contributed by atoms with van der Waals surface area (Å²) in [5.41, 5.74) is 0.517. The van der Waals surface area contributed by atoms with Crippen LogP contribution in [0.1, 0.15) is 44.9 Å². The van der Waals surface area contributed by atoms with Crippen molar-refractivity contribution in [2.75, 3.05) is 40.5 Å². The number of nitrogens with one attached hydrogen (secondary N) is 1. The number of methoxy groups -OCH3 is 2. The lowest BCUT2D eigenvalue weighted by Crippen LogP contribution is -2.32. The minimum Gasteiger partial charge on any atom is -0.493 e. The molecule has 2 aromatic carbocycles. The van der Waals surface area contributed by atoms with Crippen molar-refractivity contribution in [3.05, 3.63) is 81.2 Å². The van der Waals surface area contributed by atoms with Gasteiger partial charge in [-0.25, -0.2) is 28.8 Å². The number of pyridine rings is 1. The third kappa shape index (κ3) is 14.9. The van der Waals surface area contributed by atoms with Crippen molar-refractivity contribution >= 4 is 41.5 Å². The molecule has 0 saturated heterocycles. The summed E-state index contributed by atoms with van der Waals surface area (Å²) in [5, 5.41) is 54.5. The Morgan fingerprint density at radius 1 is 0.796 bits per heavy atom. The summed E-state index contributed by atoms with van der Waals surface area (Å²) in [5.74, 6) is -7.90. The average Bonchev–Trinajstić information content (AvgIpc) is 3.13. The zero-order chi connectivity index (χ0) is 41.0. The van der Waals surface area contributed by atoms with Gasteiger partial charge < -0.3 is 49.8 Å². The van der Waals surface area contributed by atoms with Crippen LogP contribution < -0.4 is 14.8 Å². The highest BCUT2D eigenvalue weighted by Crippen LogP contribution is 2.40. The topological polar surface area (TPSA) is 309 Å². The third-order valence-electron chi connectivity index (χ3n) is 6.72. The fraction of sp³-hybridized carbons (Fsp3) is 0.324. The number of esters is 2. The van der Waals surface area contributed by atoms with Crippen LogP contribution in [0.15, 0.2) is 48.5 Å². The van der Waals surface area contributed by atoms with E-state index in [1.54, 1.807) is 13.8 Å². The van der Waals surface area contributed by atoms with E-state index in [9.17, 15) is 24.8 Å². The molecular formula is C34H39N3O17. The van der Waals surface area contributed by atoms with Crippen LogP contribution in [0.4, 0.5) is 5.69 Å². The molecule has 0 aliphatic heterocycles. The predicted molar refractivity (Wildman–Crippen MR) is 185 cm³/mol. The van der Waals surface area contributed by atoms with E-state index in [4.69, 9.17) is 58.6 Å². The lowest BCUT2D eigenvalue weighted by atomic mass is 9.91. The standard InChI is InChI=1S/C30H35N3O9.2C2H2O4/c1-19-26(29(35)39-3)28(27(20(2)32-19)30(36)40-4)24-16-21(33(37)38)12-13-25(24)41-15-9-8-14-31-17-22(34)18-42-23-10-6-5-7-11-23;2*3-1(4)2(5)6/h5-7,10-13,16,22,31,34H,8-9,14-15,17-18H2,1-4H3;2*(H,3,4)(H,5,6)/t22-;;/m0../s1. The Balaban J connectivity index is 0.00000105. The lowest BCUT2D eigenvalue weighted by Gasteiger charge is -2.19. The van der Waals surface area contributed by atoms with E-state index >= 15 is 0 Å². The van der Waals surface area contributed by atoms with E-state index in [1.165, 1.54) is 32.4 Å². The van der Waals surface area contributed by atoms with Crippen molar-refractivity contribution in [2.24, 2.45) is 0 Å². The maximum absolute atomic E-state index is 12.8. The molecule has 0 aliphatic rings. The number of ether oxygens (including phenoxy) is 4. The number of non-ortho nitro benzene ring substituents is 1. The number of hydrogen-bond donors (Lipinski definition) is 6. The van der Waals surface area contributed by atoms with E-state index in [0.717, 1.165) is 0 Å². The highest BCUT2D eigenvalue weighted by atomic mass is 16.6. The molecule has 6 N–H and O–H groups in total. The number of carboxylic acids is 4. The Hall–Kier alpha value is -6.67. The number of nitro groups is 1. The van der Waals surface area contributed by atoms with Gasteiger partial charge >= 0.3 is 35.8 Å². The molecule has 1 heterocycles.